The first-order valence-electron chi connectivity index (χ1n) is 4.88. The summed E-state index contributed by atoms with van der Waals surface area (Å²) in [4.78, 5) is 12.0. The largest absolute Gasteiger partial charge is 0.334 e. The molecule has 0 aliphatic carbocycles. The zero-order valence-corrected chi connectivity index (χ0v) is 9.08. The average Bonchev–Trinajstić information content (AvgIpc) is 2.62. The van der Waals surface area contributed by atoms with Crippen LogP contribution in [0.15, 0.2) is 35.1 Å². The fourth-order valence-corrected chi connectivity index (χ4v) is 1.65. The van der Waals surface area contributed by atoms with Crippen LogP contribution in [0.2, 0.25) is 0 Å². The van der Waals surface area contributed by atoms with Crippen molar-refractivity contribution >= 4 is 0 Å². The van der Waals surface area contributed by atoms with Gasteiger partial charge in [-0.25, -0.2) is 4.79 Å². The van der Waals surface area contributed by atoms with E-state index in [4.69, 9.17) is 10.5 Å². The van der Waals surface area contributed by atoms with Crippen LogP contribution in [0.3, 0.4) is 0 Å². The minimum absolute atomic E-state index is 0.0613. The third-order valence-corrected chi connectivity index (χ3v) is 2.49. The second-order valence-electron chi connectivity index (χ2n) is 3.43. The minimum Gasteiger partial charge on any atom is -0.285 e. The fraction of sp³-hybridized carbons (Fsp3) is 0.0833. The Bertz CT molecular complexity index is 695. The molecule has 0 saturated heterocycles. The third-order valence-electron chi connectivity index (χ3n) is 2.49. The van der Waals surface area contributed by atoms with Crippen molar-refractivity contribution in [2.24, 2.45) is 7.05 Å². The van der Waals surface area contributed by atoms with Crippen LogP contribution in [-0.2, 0) is 7.05 Å². The van der Waals surface area contributed by atoms with Gasteiger partial charge >= 0.3 is 5.69 Å². The summed E-state index contributed by atoms with van der Waals surface area (Å²) in [6, 6.07) is 12.5. The van der Waals surface area contributed by atoms with Crippen molar-refractivity contribution in [1.82, 2.24) is 9.13 Å². The van der Waals surface area contributed by atoms with E-state index in [1.54, 1.807) is 24.3 Å². The van der Waals surface area contributed by atoms with Crippen LogP contribution < -0.4 is 5.69 Å². The lowest BCUT2D eigenvalue weighted by Crippen LogP contribution is -2.21. The molecule has 0 amide bonds. The Morgan fingerprint density at radius 1 is 1.06 bits per heavy atom. The molecule has 0 aliphatic heterocycles. The molecule has 2 aromatic rings. The number of benzene rings is 1. The molecule has 0 aliphatic rings. The second kappa shape index (κ2) is 3.99. The SMILES string of the molecule is Cn1c(C#N)c(C#N)n(-c2ccccc2)c1=O. The Balaban J connectivity index is 2.86. The monoisotopic (exact) mass is 224 g/mol. The smallest absolute Gasteiger partial charge is 0.285 e. The molecule has 17 heavy (non-hydrogen) atoms. The molecule has 0 saturated carbocycles. The molecule has 0 N–H and O–H groups in total. The van der Waals surface area contributed by atoms with Crippen molar-refractivity contribution in [1.29, 1.82) is 10.5 Å². The van der Waals surface area contributed by atoms with E-state index in [-0.39, 0.29) is 11.4 Å². The van der Waals surface area contributed by atoms with Crippen LogP contribution in [0.1, 0.15) is 11.4 Å². The highest BCUT2D eigenvalue weighted by Gasteiger charge is 2.18. The Morgan fingerprint density at radius 2 is 1.65 bits per heavy atom. The molecule has 1 heterocycles. The van der Waals surface area contributed by atoms with Gasteiger partial charge in [-0.05, 0) is 12.1 Å². The Morgan fingerprint density at radius 3 is 2.18 bits per heavy atom. The molecule has 0 atom stereocenters. The quantitative estimate of drug-likeness (QED) is 0.722. The van der Waals surface area contributed by atoms with E-state index in [1.165, 1.54) is 16.2 Å². The van der Waals surface area contributed by atoms with Gasteiger partial charge in [0.2, 0.25) is 0 Å². The van der Waals surface area contributed by atoms with Gasteiger partial charge in [0.05, 0.1) is 5.69 Å². The highest BCUT2D eigenvalue weighted by Crippen LogP contribution is 2.11. The zero-order valence-electron chi connectivity index (χ0n) is 9.08. The first-order valence-corrected chi connectivity index (χ1v) is 4.88. The van der Waals surface area contributed by atoms with Gasteiger partial charge in [0.1, 0.15) is 12.1 Å². The van der Waals surface area contributed by atoms with Crippen molar-refractivity contribution in [3.05, 3.63) is 52.2 Å². The van der Waals surface area contributed by atoms with E-state index in [0.29, 0.717) is 5.69 Å². The third kappa shape index (κ3) is 1.51. The molecule has 2 rings (SSSR count). The minimum atomic E-state index is -0.399. The number of aromatic nitrogens is 2. The first kappa shape index (κ1) is 10.7. The molecule has 1 aromatic heterocycles. The summed E-state index contributed by atoms with van der Waals surface area (Å²) in [6.07, 6.45) is 0. The number of hydrogen-bond acceptors (Lipinski definition) is 3. The van der Waals surface area contributed by atoms with Crippen molar-refractivity contribution in [2.45, 2.75) is 0 Å². The van der Waals surface area contributed by atoms with E-state index in [9.17, 15) is 4.79 Å². The number of imidazole rings is 1. The summed E-state index contributed by atoms with van der Waals surface area (Å²) in [7, 11) is 1.47. The standard InChI is InChI=1S/C12H8N4O/c1-15-10(7-13)11(8-14)16(12(15)17)9-5-3-2-4-6-9/h2-6H,1H3. The molecule has 5 nitrogen and oxygen atoms in total. The summed E-state index contributed by atoms with van der Waals surface area (Å²) < 4.78 is 2.41. The molecule has 0 radical (unpaired) electrons. The highest BCUT2D eigenvalue weighted by atomic mass is 16.1. The van der Waals surface area contributed by atoms with Crippen LogP contribution in [0.25, 0.3) is 5.69 Å². The van der Waals surface area contributed by atoms with Gasteiger partial charge in [-0.2, -0.15) is 10.5 Å². The first-order chi connectivity index (χ1) is 8.20. The lowest BCUT2D eigenvalue weighted by Gasteiger charge is -2.00. The summed E-state index contributed by atoms with van der Waals surface area (Å²) in [5.41, 5.74) is 0.308. The molecule has 0 bridgehead atoms. The zero-order chi connectivity index (χ0) is 12.4. The van der Waals surface area contributed by atoms with Gasteiger partial charge < -0.3 is 0 Å². The molecular formula is C12H8N4O. The molecular weight excluding hydrogens is 216 g/mol. The molecule has 1 aromatic carbocycles. The van der Waals surface area contributed by atoms with Gasteiger partial charge in [-0.15, -0.1) is 0 Å². The van der Waals surface area contributed by atoms with Crippen LogP contribution in [0, 0.1) is 22.7 Å². The van der Waals surface area contributed by atoms with Crippen molar-refractivity contribution in [2.75, 3.05) is 0 Å². The number of nitriles is 2. The number of para-hydroxylation sites is 1. The maximum atomic E-state index is 12.0. The van der Waals surface area contributed by atoms with Gasteiger partial charge in [-0.1, -0.05) is 18.2 Å². The molecule has 0 spiro atoms. The van der Waals surface area contributed by atoms with Crippen LogP contribution in [0.4, 0.5) is 0 Å². The van der Waals surface area contributed by atoms with Crippen LogP contribution >= 0.6 is 0 Å². The fourth-order valence-electron chi connectivity index (χ4n) is 1.65. The normalized spacial score (nSPS) is 9.59. The molecule has 0 fully saturated rings. The molecule has 82 valence electrons. The van der Waals surface area contributed by atoms with Crippen molar-refractivity contribution in [3.63, 3.8) is 0 Å². The van der Waals surface area contributed by atoms with Crippen molar-refractivity contribution < 1.29 is 0 Å². The van der Waals surface area contributed by atoms with Gasteiger partial charge in [0, 0.05) is 7.05 Å². The van der Waals surface area contributed by atoms with Gasteiger partial charge in [0.15, 0.2) is 11.4 Å². The van der Waals surface area contributed by atoms with Gasteiger partial charge in [-0.3, -0.25) is 9.13 Å². The Hall–Kier alpha value is -2.79. The molecule has 0 unspecified atom stereocenters. The number of rotatable bonds is 1. The summed E-state index contributed by atoms with van der Waals surface area (Å²) in [5.74, 6) is 0. The topological polar surface area (TPSA) is 74.5 Å². The summed E-state index contributed by atoms with van der Waals surface area (Å²) >= 11 is 0. The second-order valence-corrected chi connectivity index (χ2v) is 3.43. The maximum absolute atomic E-state index is 12.0. The highest BCUT2D eigenvalue weighted by molar-refractivity contribution is 5.44. The Kier molecular flexibility index (Phi) is 2.52. The Labute approximate surface area is 97.4 Å². The van der Waals surface area contributed by atoms with E-state index in [1.807, 2.05) is 18.2 Å². The lowest BCUT2D eigenvalue weighted by atomic mass is 10.3. The predicted molar refractivity (Wildman–Crippen MR) is 60.4 cm³/mol. The van der Waals surface area contributed by atoms with E-state index >= 15 is 0 Å². The van der Waals surface area contributed by atoms with E-state index < -0.39 is 5.69 Å². The average molecular weight is 224 g/mol. The number of hydrogen-bond donors (Lipinski definition) is 0. The maximum Gasteiger partial charge on any atom is 0.334 e. The van der Waals surface area contributed by atoms with Gasteiger partial charge in [0.25, 0.3) is 0 Å². The van der Waals surface area contributed by atoms with Crippen LogP contribution in [-0.4, -0.2) is 9.13 Å². The number of nitrogens with zero attached hydrogens (tertiary/aromatic N) is 4. The van der Waals surface area contributed by atoms with E-state index in [2.05, 4.69) is 0 Å². The van der Waals surface area contributed by atoms with Crippen molar-refractivity contribution in [3.8, 4) is 17.8 Å². The lowest BCUT2D eigenvalue weighted by molar-refractivity contribution is 0.815. The molecule has 5 heteroatoms. The summed E-state index contributed by atoms with van der Waals surface area (Å²) in [5, 5.41) is 18.0. The predicted octanol–water partition coefficient (Wildman–Crippen LogP) is 0.919. The van der Waals surface area contributed by atoms with Crippen LogP contribution in [0.5, 0.6) is 0 Å². The summed E-state index contributed by atoms with van der Waals surface area (Å²) in [6.45, 7) is 0. The van der Waals surface area contributed by atoms with E-state index in [0.717, 1.165) is 0 Å².